The number of aliphatic hydroxyl groups is 1. The standard InChI is InChI=1S/C11H15N7O/c12-9-8-10(15-11(13)14-9)18(17-16-8)7-3-1-2-6(4-7)5-19/h1,3,6-7,19H,2,4-5H2,(H4,12,13,14,15)/t6-,7+/m1/s1. The highest BCUT2D eigenvalue weighted by Crippen LogP contribution is 2.29. The van der Waals surface area contributed by atoms with Crippen molar-refractivity contribution in [2.75, 3.05) is 18.1 Å². The summed E-state index contributed by atoms with van der Waals surface area (Å²) in [5.74, 6) is 0.560. The minimum Gasteiger partial charge on any atom is -0.396 e. The van der Waals surface area contributed by atoms with Crippen molar-refractivity contribution in [1.82, 2.24) is 25.0 Å². The normalized spacial score (nSPS) is 23.0. The summed E-state index contributed by atoms with van der Waals surface area (Å²) in [7, 11) is 0. The number of nitrogens with two attached hydrogens (primary N) is 2. The molecule has 8 heteroatoms. The number of hydrogen-bond donors (Lipinski definition) is 3. The number of aromatic nitrogens is 5. The lowest BCUT2D eigenvalue weighted by Gasteiger charge is -2.23. The minimum absolute atomic E-state index is 0.00426. The zero-order valence-electron chi connectivity index (χ0n) is 10.3. The Hall–Kier alpha value is -2.22. The van der Waals surface area contributed by atoms with Gasteiger partial charge in [-0.1, -0.05) is 17.4 Å². The van der Waals surface area contributed by atoms with Crippen LogP contribution >= 0.6 is 0 Å². The van der Waals surface area contributed by atoms with E-state index < -0.39 is 0 Å². The van der Waals surface area contributed by atoms with Gasteiger partial charge in [-0.05, 0) is 18.8 Å². The molecule has 1 aliphatic carbocycles. The third kappa shape index (κ3) is 1.99. The third-order valence-corrected chi connectivity index (χ3v) is 3.34. The van der Waals surface area contributed by atoms with E-state index in [0.717, 1.165) is 12.8 Å². The van der Waals surface area contributed by atoms with Crippen LogP contribution in [0.1, 0.15) is 18.9 Å². The Morgan fingerprint density at radius 3 is 3.00 bits per heavy atom. The molecular weight excluding hydrogens is 246 g/mol. The summed E-state index contributed by atoms with van der Waals surface area (Å²) in [6.07, 6.45) is 5.74. The van der Waals surface area contributed by atoms with Gasteiger partial charge in [0.05, 0.1) is 6.04 Å². The Bertz CT molecular complexity index is 635. The highest BCUT2D eigenvalue weighted by Gasteiger charge is 2.22. The van der Waals surface area contributed by atoms with Crippen molar-refractivity contribution in [2.45, 2.75) is 18.9 Å². The van der Waals surface area contributed by atoms with Gasteiger partial charge in [0.25, 0.3) is 0 Å². The molecule has 0 aliphatic heterocycles. The van der Waals surface area contributed by atoms with Crippen LogP contribution in [0.4, 0.5) is 11.8 Å². The lowest BCUT2D eigenvalue weighted by Crippen LogP contribution is -2.19. The Balaban J connectivity index is 2.06. The largest absolute Gasteiger partial charge is 0.396 e. The molecule has 2 aromatic heterocycles. The van der Waals surface area contributed by atoms with Crippen LogP contribution in [0.15, 0.2) is 12.2 Å². The second-order valence-electron chi connectivity index (χ2n) is 4.69. The molecule has 0 saturated carbocycles. The highest BCUT2D eigenvalue weighted by atomic mass is 16.3. The average molecular weight is 261 g/mol. The van der Waals surface area contributed by atoms with Crippen LogP contribution in [0.3, 0.4) is 0 Å². The van der Waals surface area contributed by atoms with Crippen LogP contribution in [-0.4, -0.2) is 36.7 Å². The molecule has 1 aliphatic rings. The van der Waals surface area contributed by atoms with Gasteiger partial charge in [-0.3, -0.25) is 0 Å². The second kappa shape index (κ2) is 4.47. The molecule has 0 saturated heterocycles. The van der Waals surface area contributed by atoms with E-state index in [4.69, 9.17) is 11.5 Å². The summed E-state index contributed by atoms with van der Waals surface area (Å²) in [5, 5.41) is 17.3. The number of allylic oxidation sites excluding steroid dienone is 2. The summed E-state index contributed by atoms with van der Waals surface area (Å²) < 4.78 is 1.68. The van der Waals surface area contributed by atoms with E-state index in [1.165, 1.54) is 0 Å². The fourth-order valence-corrected chi connectivity index (χ4v) is 2.37. The van der Waals surface area contributed by atoms with Gasteiger partial charge in [0.1, 0.15) is 0 Å². The molecule has 0 fully saturated rings. The molecule has 19 heavy (non-hydrogen) atoms. The SMILES string of the molecule is Nc1nc(N)c2nnn([C@H]3C=CC[C@@H](CO)C3)c2n1. The molecule has 5 N–H and O–H groups in total. The third-order valence-electron chi connectivity index (χ3n) is 3.34. The van der Waals surface area contributed by atoms with Crippen molar-refractivity contribution in [1.29, 1.82) is 0 Å². The topological polar surface area (TPSA) is 129 Å². The molecule has 0 spiro atoms. The van der Waals surface area contributed by atoms with E-state index in [0.29, 0.717) is 11.2 Å². The van der Waals surface area contributed by atoms with E-state index in [-0.39, 0.29) is 30.3 Å². The van der Waals surface area contributed by atoms with Crippen LogP contribution in [0, 0.1) is 5.92 Å². The minimum atomic E-state index is 0.00426. The lowest BCUT2D eigenvalue weighted by atomic mass is 9.92. The van der Waals surface area contributed by atoms with Crippen molar-refractivity contribution < 1.29 is 5.11 Å². The molecular formula is C11H15N7O. The molecule has 0 bridgehead atoms. The van der Waals surface area contributed by atoms with Crippen LogP contribution in [-0.2, 0) is 0 Å². The Kier molecular flexibility index (Phi) is 2.79. The first kappa shape index (κ1) is 11.8. The van der Waals surface area contributed by atoms with Crippen molar-refractivity contribution in [3.05, 3.63) is 12.2 Å². The Labute approximate surface area is 109 Å². The highest BCUT2D eigenvalue weighted by molar-refractivity contribution is 5.81. The van der Waals surface area contributed by atoms with Crippen LogP contribution in [0.25, 0.3) is 11.2 Å². The first-order chi connectivity index (χ1) is 9.19. The molecule has 8 nitrogen and oxygen atoms in total. The number of hydrogen-bond acceptors (Lipinski definition) is 7. The van der Waals surface area contributed by atoms with Crippen molar-refractivity contribution in [3.63, 3.8) is 0 Å². The smallest absolute Gasteiger partial charge is 0.224 e. The first-order valence-corrected chi connectivity index (χ1v) is 6.10. The summed E-state index contributed by atoms with van der Waals surface area (Å²) in [5.41, 5.74) is 12.3. The van der Waals surface area contributed by atoms with Crippen LogP contribution in [0.5, 0.6) is 0 Å². The predicted molar refractivity (Wildman–Crippen MR) is 69.9 cm³/mol. The monoisotopic (exact) mass is 261 g/mol. The fraction of sp³-hybridized carbons (Fsp3) is 0.455. The summed E-state index contributed by atoms with van der Waals surface area (Å²) in [6, 6.07) is 0.00426. The zero-order chi connectivity index (χ0) is 13.4. The van der Waals surface area contributed by atoms with Gasteiger partial charge in [-0.15, -0.1) is 5.10 Å². The maximum Gasteiger partial charge on any atom is 0.224 e. The molecule has 0 aromatic carbocycles. The molecule has 100 valence electrons. The number of nitrogens with zero attached hydrogens (tertiary/aromatic N) is 5. The number of fused-ring (bicyclic) bond motifs is 1. The molecule has 0 unspecified atom stereocenters. The molecule has 0 radical (unpaired) electrons. The second-order valence-corrected chi connectivity index (χ2v) is 4.69. The van der Waals surface area contributed by atoms with Gasteiger partial charge >= 0.3 is 0 Å². The molecule has 2 heterocycles. The zero-order valence-corrected chi connectivity index (χ0v) is 10.3. The molecule has 2 atom stereocenters. The van der Waals surface area contributed by atoms with Gasteiger partial charge in [0.2, 0.25) is 5.95 Å². The number of aliphatic hydroxyl groups excluding tert-OH is 1. The van der Waals surface area contributed by atoms with Crippen molar-refractivity contribution >= 4 is 22.9 Å². The van der Waals surface area contributed by atoms with E-state index in [9.17, 15) is 5.11 Å². The van der Waals surface area contributed by atoms with E-state index in [1.807, 2.05) is 12.2 Å². The van der Waals surface area contributed by atoms with Gasteiger partial charge in [-0.25, -0.2) is 4.68 Å². The van der Waals surface area contributed by atoms with Crippen molar-refractivity contribution in [2.24, 2.45) is 5.92 Å². The fourth-order valence-electron chi connectivity index (χ4n) is 2.37. The summed E-state index contributed by atoms with van der Waals surface area (Å²) in [4.78, 5) is 8.01. The molecule has 3 rings (SSSR count). The van der Waals surface area contributed by atoms with E-state index in [1.54, 1.807) is 4.68 Å². The number of nitrogen functional groups attached to an aromatic ring is 2. The molecule has 0 amide bonds. The van der Waals surface area contributed by atoms with Crippen molar-refractivity contribution in [3.8, 4) is 0 Å². The van der Waals surface area contributed by atoms with E-state index in [2.05, 4.69) is 20.3 Å². The predicted octanol–water partition coefficient (Wildman–Crippen LogP) is -0.115. The number of anilines is 2. The average Bonchev–Trinajstić information content (AvgIpc) is 2.82. The maximum atomic E-state index is 9.26. The van der Waals surface area contributed by atoms with Crippen LogP contribution < -0.4 is 11.5 Å². The van der Waals surface area contributed by atoms with Gasteiger partial charge in [0, 0.05) is 6.61 Å². The molecule has 2 aromatic rings. The Morgan fingerprint density at radius 2 is 2.21 bits per heavy atom. The first-order valence-electron chi connectivity index (χ1n) is 6.10. The van der Waals surface area contributed by atoms with Crippen LogP contribution in [0.2, 0.25) is 0 Å². The maximum absolute atomic E-state index is 9.26. The van der Waals surface area contributed by atoms with Gasteiger partial charge < -0.3 is 16.6 Å². The van der Waals surface area contributed by atoms with E-state index >= 15 is 0 Å². The Morgan fingerprint density at radius 1 is 1.37 bits per heavy atom. The summed E-state index contributed by atoms with van der Waals surface area (Å²) in [6.45, 7) is 0.159. The van der Waals surface area contributed by atoms with Gasteiger partial charge in [-0.2, -0.15) is 9.97 Å². The van der Waals surface area contributed by atoms with Gasteiger partial charge in [0.15, 0.2) is 17.0 Å². The number of rotatable bonds is 2. The summed E-state index contributed by atoms with van der Waals surface area (Å²) >= 11 is 0. The lowest BCUT2D eigenvalue weighted by molar-refractivity contribution is 0.202. The quantitative estimate of drug-likeness (QED) is 0.643.